The number of allylic oxidation sites excluding steroid dienone is 7. The van der Waals surface area contributed by atoms with Gasteiger partial charge in [-0.3, -0.25) is 0 Å². The first-order valence-corrected chi connectivity index (χ1v) is 6.22. The van der Waals surface area contributed by atoms with Crippen LogP contribution < -0.4 is 0 Å². The molecule has 0 amide bonds. The zero-order valence-electron chi connectivity index (χ0n) is 12.4. The molecule has 2 nitrogen and oxygen atoms in total. The molecule has 0 fully saturated rings. The van der Waals surface area contributed by atoms with Crippen LogP contribution in [-0.4, -0.2) is 21.9 Å². The van der Waals surface area contributed by atoms with Crippen LogP contribution in [0, 0.1) is 0 Å². The first-order valence-electron chi connectivity index (χ1n) is 6.22. The van der Waals surface area contributed by atoms with E-state index in [0.717, 1.165) is 5.57 Å². The van der Waals surface area contributed by atoms with Gasteiger partial charge in [-0.1, -0.05) is 47.1 Å². The van der Waals surface area contributed by atoms with Gasteiger partial charge < -0.3 is 10.2 Å². The second-order valence-electron chi connectivity index (χ2n) is 5.41. The van der Waals surface area contributed by atoms with Crippen molar-refractivity contribution in [3.63, 3.8) is 0 Å². The molecule has 0 heterocycles. The summed E-state index contributed by atoms with van der Waals surface area (Å²) >= 11 is 0. The van der Waals surface area contributed by atoms with Crippen molar-refractivity contribution in [3.05, 3.63) is 47.1 Å². The lowest BCUT2D eigenvalue weighted by Crippen LogP contribution is -2.34. The quantitative estimate of drug-likeness (QED) is 0.733. The molecule has 0 saturated carbocycles. The highest BCUT2D eigenvalue weighted by Gasteiger charge is 2.21. The molecule has 0 aliphatic rings. The minimum atomic E-state index is -1.11. The van der Waals surface area contributed by atoms with Crippen LogP contribution in [0.1, 0.15) is 41.5 Å². The molecule has 2 heteroatoms. The number of hydrogen-bond acceptors (Lipinski definition) is 2. The smallest absolute Gasteiger partial charge is 0.101 e. The Morgan fingerprint density at radius 1 is 1.06 bits per heavy atom. The van der Waals surface area contributed by atoms with Crippen molar-refractivity contribution in [1.82, 2.24) is 0 Å². The van der Waals surface area contributed by atoms with E-state index in [2.05, 4.69) is 26.8 Å². The fourth-order valence-corrected chi connectivity index (χ4v) is 1.04. The van der Waals surface area contributed by atoms with Crippen LogP contribution in [0.15, 0.2) is 47.1 Å². The van der Waals surface area contributed by atoms with Gasteiger partial charge in [0.2, 0.25) is 0 Å². The summed E-state index contributed by atoms with van der Waals surface area (Å²) in [6.07, 6.45) is 8.57. The summed E-state index contributed by atoms with van der Waals surface area (Å²) < 4.78 is 0. The average Bonchev–Trinajstić information content (AvgIpc) is 2.24. The van der Waals surface area contributed by atoms with E-state index in [4.69, 9.17) is 0 Å². The summed E-state index contributed by atoms with van der Waals surface area (Å²) in [6.45, 7) is 11.3. The molecular weight excluding hydrogens is 224 g/mol. The van der Waals surface area contributed by atoms with Crippen molar-refractivity contribution in [3.8, 4) is 0 Å². The van der Waals surface area contributed by atoms with Crippen molar-refractivity contribution in [2.75, 3.05) is 0 Å². The normalized spacial score (nSPS) is 15.4. The lowest BCUT2D eigenvalue weighted by Gasteiger charge is -2.21. The molecule has 0 aromatic rings. The Hall–Kier alpha value is -1.12. The van der Waals surface area contributed by atoms with Gasteiger partial charge >= 0.3 is 0 Å². The van der Waals surface area contributed by atoms with Gasteiger partial charge in [0.05, 0.1) is 5.60 Å². The average molecular weight is 250 g/mol. The highest BCUT2D eigenvalue weighted by atomic mass is 16.3. The third-order valence-corrected chi connectivity index (χ3v) is 2.76. The molecule has 0 aromatic heterocycles. The van der Waals surface area contributed by atoms with Crippen LogP contribution in [0.2, 0.25) is 0 Å². The van der Waals surface area contributed by atoms with E-state index < -0.39 is 11.7 Å². The van der Waals surface area contributed by atoms with E-state index in [1.807, 2.05) is 25.2 Å². The summed E-state index contributed by atoms with van der Waals surface area (Å²) in [5.41, 5.74) is 2.46. The number of hydrogen-bond donors (Lipinski definition) is 2. The monoisotopic (exact) mass is 250 g/mol. The first kappa shape index (κ1) is 16.9. The second kappa shape index (κ2) is 7.34. The van der Waals surface area contributed by atoms with Crippen molar-refractivity contribution < 1.29 is 10.2 Å². The highest BCUT2D eigenvalue weighted by molar-refractivity contribution is 5.28. The van der Waals surface area contributed by atoms with Gasteiger partial charge in [-0.05, 0) is 41.5 Å². The van der Waals surface area contributed by atoms with E-state index in [1.165, 1.54) is 11.1 Å². The summed E-state index contributed by atoms with van der Waals surface area (Å²) in [5.74, 6) is 0. The van der Waals surface area contributed by atoms with Gasteiger partial charge in [0.15, 0.2) is 0 Å². The fraction of sp³-hybridized carbons (Fsp3) is 0.500. The van der Waals surface area contributed by atoms with Crippen LogP contribution in [0.25, 0.3) is 0 Å². The van der Waals surface area contributed by atoms with Crippen molar-refractivity contribution in [1.29, 1.82) is 0 Å². The molecule has 2 N–H and O–H groups in total. The van der Waals surface area contributed by atoms with E-state index in [1.54, 1.807) is 19.9 Å². The topological polar surface area (TPSA) is 40.5 Å². The SMILES string of the molecule is CC(C)=C(C)/C=C/C=C(C)/C=C/C(O)C(C)(C)O. The van der Waals surface area contributed by atoms with Crippen LogP contribution in [-0.2, 0) is 0 Å². The van der Waals surface area contributed by atoms with Crippen molar-refractivity contribution in [2.24, 2.45) is 0 Å². The van der Waals surface area contributed by atoms with Gasteiger partial charge in [0, 0.05) is 0 Å². The lowest BCUT2D eigenvalue weighted by atomic mass is 10.0. The summed E-state index contributed by atoms with van der Waals surface area (Å²) in [4.78, 5) is 0. The molecule has 1 atom stereocenters. The molecule has 18 heavy (non-hydrogen) atoms. The van der Waals surface area contributed by atoms with E-state index >= 15 is 0 Å². The Balaban J connectivity index is 4.56. The fourth-order valence-electron chi connectivity index (χ4n) is 1.04. The van der Waals surface area contributed by atoms with Crippen LogP contribution in [0.3, 0.4) is 0 Å². The number of aliphatic hydroxyl groups is 2. The predicted octanol–water partition coefficient (Wildman–Crippen LogP) is 3.53. The van der Waals surface area contributed by atoms with Crippen LogP contribution in [0.5, 0.6) is 0 Å². The molecule has 1 unspecified atom stereocenters. The highest BCUT2D eigenvalue weighted by Crippen LogP contribution is 2.10. The Kier molecular flexibility index (Phi) is 6.89. The summed E-state index contributed by atoms with van der Waals surface area (Å²) in [6, 6.07) is 0. The summed E-state index contributed by atoms with van der Waals surface area (Å²) in [7, 11) is 0. The third kappa shape index (κ3) is 7.25. The lowest BCUT2D eigenvalue weighted by molar-refractivity contribution is -0.0226. The van der Waals surface area contributed by atoms with E-state index in [-0.39, 0.29) is 0 Å². The van der Waals surface area contributed by atoms with Gasteiger partial charge in [-0.2, -0.15) is 0 Å². The second-order valence-corrected chi connectivity index (χ2v) is 5.41. The summed E-state index contributed by atoms with van der Waals surface area (Å²) in [5, 5.41) is 19.2. The maximum atomic E-state index is 9.63. The molecule has 102 valence electrons. The molecule has 0 aliphatic heterocycles. The molecule has 0 bridgehead atoms. The van der Waals surface area contributed by atoms with Crippen molar-refractivity contribution >= 4 is 0 Å². The van der Waals surface area contributed by atoms with Gasteiger partial charge in [0.25, 0.3) is 0 Å². The Bertz CT molecular complexity index is 372. The third-order valence-electron chi connectivity index (χ3n) is 2.76. The molecule has 0 radical (unpaired) electrons. The Morgan fingerprint density at radius 2 is 1.61 bits per heavy atom. The van der Waals surface area contributed by atoms with E-state index in [9.17, 15) is 10.2 Å². The van der Waals surface area contributed by atoms with Gasteiger partial charge in [-0.15, -0.1) is 0 Å². The zero-order valence-corrected chi connectivity index (χ0v) is 12.4. The molecule has 0 aliphatic carbocycles. The molecule has 0 aromatic carbocycles. The number of aliphatic hydroxyl groups excluding tert-OH is 1. The minimum absolute atomic E-state index is 0.857. The minimum Gasteiger partial charge on any atom is -0.387 e. The van der Waals surface area contributed by atoms with Gasteiger partial charge in [-0.25, -0.2) is 0 Å². The Morgan fingerprint density at radius 3 is 2.06 bits per heavy atom. The maximum absolute atomic E-state index is 9.63. The molecular formula is C16H26O2. The maximum Gasteiger partial charge on any atom is 0.101 e. The standard InChI is InChI=1S/C16H26O2/c1-12(2)14(4)9-7-8-13(3)10-11-15(17)16(5,6)18/h7-11,15,17-18H,1-6H3/b9-7+,11-10+,13-8+. The van der Waals surface area contributed by atoms with Gasteiger partial charge in [0.1, 0.15) is 6.10 Å². The Labute approximate surface area is 111 Å². The predicted molar refractivity (Wildman–Crippen MR) is 78.4 cm³/mol. The van der Waals surface area contributed by atoms with Crippen molar-refractivity contribution in [2.45, 2.75) is 53.2 Å². The molecule has 0 spiro atoms. The van der Waals surface area contributed by atoms with E-state index in [0.29, 0.717) is 0 Å². The first-order chi connectivity index (χ1) is 8.14. The zero-order chi connectivity index (χ0) is 14.3. The van der Waals surface area contributed by atoms with Crippen LogP contribution >= 0.6 is 0 Å². The largest absolute Gasteiger partial charge is 0.387 e. The molecule has 0 saturated heterocycles. The van der Waals surface area contributed by atoms with Crippen LogP contribution in [0.4, 0.5) is 0 Å². The number of rotatable bonds is 5. The molecule has 0 rings (SSSR count).